The molecular formula is C20H21BrN6O2. The molecule has 0 aromatic carbocycles. The fraction of sp³-hybridized carbons (Fsp3) is 0.350. The highest BCUT2D eigenvalue weighted by Crippen LogP contribution is 2.25. The van der Waals surface area contributed by atoms with Gasteiger partial charge in [0.1, 0.15) is 6.10 Å². The molecular weight excluding hydrogens is 436 g/mol. The van der Waals surface area contributed by atoms with Crippen LogP contribution >= 0.6 is 15.9 Å². The number of hydrogen-bond acceptors (Lipinski definition) is 6. The molecule has 9 heteroatoms. The van der Waals surface area contributed by atoms with Crippen LogP contribution in [0.15, 0.2) is 47.3 Å². The summed E-state index contributed by atoms with van der Waals surface area (Å²) in [4.78, 5) is 25.4. The molecule has 0 saturated carbocycles. The zero-order valence-electron chi connectivity index (χ0n) is 16.2. The molecule has 1 fully saturated rings. The number of carbonyl (C=O) groups is 1. The van der Waals surface area contributed by atoms with Crippen LogP contribution in [0.25, 0.3) is 5.82 Å². The second-order valence-electron chi connectivity index (χ2n) is 6.99. The van der Waals surface area contributed by atoms with Crippen LogP contribution in [0.1, 0.15) is 35.8 Å². The van der Waals surface area contributed by atoms with Crippen molar-refractivity contribution in [3.8, 4) is 11.7 Å². The average molecular weight is 457 g/mol. The number of pyridine rings is 2. The molecule has 3 aromatic rings. The van der Waals surface area contributed by atoms with Gasteiger partial charge in [-0.2, -0.15) is 10.2 Å². The van der Waals surface area contributed by atoms with E-state index >= 15 is 0 Å². The Bertz CT molecular complexity index is 993. The van der Waals surface area contributed by atoms with Crippen molar-refractivity contribution in [2.24, 2.45) is 0 Å². The van der Waals surface area contributed by atoms with Crippen molar-refractivity contribution >= 4 is 21.8 Å². The molecule has 150 valence electrons. The Kier molecular flexibility index (Phi) is 5.57. The number of halogens is 1. The van der Waals surface area contributed by atoms with Gasteiger partial charge in [0.05, 0.1) is 24.0 Å². The Hall–Kier alpha value is -2.81. The average Bonchev–Trinajstić information content (AvgIpc) is 3.25. The third-order valence-corrected chi connectivity index (χ3v) is 5.47. The fourth-order valence-corrected chi connectivity index (χ4v) is 3.72. The lowest BCUT2D eigenvalue weighted by atomic mass is 9.99. The molecule has 0 bridgehead atoms. The van der Waals surface area contributed by atoms with Crippen molar-refractivity contribution in [3.05, 3.63) is 58.6 Å². The van der Waals surface area contributed by atoms with Crippen LogP contribution < -0.4 is 4.74 Å². The van der Waals surface area contributed by atoms with Gasteiger partial charge in [-0.1, -0.05) is 0 Å². The van der Waals surface area contributed by atoms with Gasteiger partial charge in [-0.15, -0.1) is 4.80 Å². The normalized spacial score (nSPS) is 19.2. The summed E-state index contributed by atoms with van der Waals surface area (Å²) in [5.74, 6) is 0.886. The molecule has 4 heterocycles. The molecule has 1 saturated heterocycles. The Morgan fingerprint density at radius 2 is 2.00 bits per heavy atom. The topological polar surface area (TPSA) is 86.0 Å². The third-order valence-electron chi connectivity index (χ3n) is 5.00. The first-order chi connectivity index (χ1) is 14.0. The molecule has 1 aliphatic rings. The van der Waals surface area contributed by atoms with Gasteiger partial charge >= 0.3 is 0 Å². The molecule has 8 nitrogen and oxygen atoms in total. The van der Waals surface area contributed by atoms with E-state index in [1.54, 1.807) is 24.7 Å². The van der Waals surface area contributed by atoms with E-state index in [9.17, 15) is 4.79 Å². The Balaban J connectivity index is 1.58. The standard InChI is InChI=1S/C20H21BrN6O2/c1-13-5-7-16(19(25-13)27-23-9-10-24-27)20(28)26-11-3-4-17(14(26)2)29-18-8-6-15(21)12-22-18/h5-10,12,14,17H,3-4,11H2,1-2H3. The molecule has 3 aromatic heterocycles. The smallest absolute Gasteiger partial charge is 0.258 e. The number of aryl methyl sites for hydroxylation is 1. The number of aromatic nitrogens is 5. The van der Waals surface area contributed by atoms with Crippen LogP contribution in [0, 0.1) is 6.92 Å². The number of nitrogens with zero attached hydrogens (tertiary/aromatic N) is 6. The van der Waals surface area contributed by atoms with Crippen molar-refractivity contribution in [1.29, 1.82) is 0 Å². The highest BCUT2D eigenvalue weighted by molar-refractivity contribution is 9.10. The lowest BCUT2D eigenvalue weighted by Gasteiger charge is -2.39. The number of rotatable bonds is 4. The van der Waals surface area contributed by atoms with Gasteiger partial charge in [0.25, 0.3) is 5.91 Å². The molecule has 0 N–H and O–H groups in total. The molecule has 29 heavy (non-hydrogen) atoms. The highest BCUT2D eigenvalue weighted by atomic mass is 79.9. The van der Waals surface area contributed by atoms with E-state index in [0.29, 0.717) is 23.8 Å². The number of carbonyl (C=O) groups excluding carboxylic acids is 1. The van der Waals surface area contributed by atoms with Gasteiger partial charge in [0.2, 0.25) is 5.88 Å². The maximum absolute atomic E-state index is 13.4. The third kappa shape index (κ3) is 4.14. The van der Waals surface area contributed by atoms with Crippen molar-refractivity contribution in [2.75, 3.05) is 6.54 Å². The van der Waals surface area contributed by atoms with Crippen molar-refractivity contribution in [3.63, 3.8) is 0 Å². The van der Waals surface area contributed by atoms with Gasteiger partial charge in [-0.05, 0) is 60.8 Å². The van der Waals surface area contributed by atoms with Gasteiger partial charge in [0, 0.05) is 29.0 Å². The minimum Gasteiger partial charge on any atom is -0.472 e. The number of piperidine rings is 1. The monoisotopic (exact) mass is 456 g/mol. The summed E-state index contributed by atoms with van der Waals surface area (Å²) in [6.45, 7) is 4.54. The van der Waals surface area contributed by atoms with E-state index in [0.717, 1.165) is 23.0 Å². The predicted molar refractivity (Wildman–Crippen MR) is 110 cm³/mol. The number of likely N-dealkylation sites (tertiary alicyclic amines) is 1. The number of amides is 1. The fourth-order valence-electron chi connectivity index (χ4n) is 3.48. The summed E-state index contributed by atoms with van der Waals surface area (Å²) in [7, 11) is 0. The van der Waals surface area contributed by atoms with Crippen LogP contribution in [-0.2, 0) is 0 Å². The lowest BCUT2D eigenvalue weighted by molar-refractivity contribution is 0.0266. The summed E-state index contributed by atoms with van der Waals surface area (Å²) >= 11 is 3.38. The van der Waals surface area contributed by atoms with Crippen LogP contribution in [-0.4, -0.2) is 54.5 Å². The summed E-state index contributed by atoms with van der Waals surface area (Å²) in [6, 6.07) is 7.22. The van der Waals surface area contributed by atoms with E-state index in [1.165, 1.54) is 4.80 Å². The molecule has 1 aliphatic heterocycles. The quantitative estimate of drug-likeness (QED) is 0.598. The van der Waals surface area contributed by atoms with Crippen molar-refractivity contribution < 1.29 is 9.53 Å². The van der Waals surface area contributed by atoms with Gasteiger partial charge in [-0.25, -0.2) is 9.97 Å². The Morgan fingerprint density at radius 1 is 1.21 bits per heavy atom. The Morgan fingerprint density at radius 3 is 2.72 bits per heavy atom. The van der Waals surface area contributed by atoms with E-state index in [1.807, 2.05) is 36.9 Å². The predicted octanol–water partition coefficient (Wildman–Crippen LogP) is 3.20. The molecule has 0 radical (unpaired) electrons. The number of hydrogen-bond donors (Lipinski definition) is 0. The van der Waals surface area contributed by atoms with E-state index < -0.39 is 0 Å². The number of ether oxygens (including phenoxy) is 1. The van der Waals surface area contributed by atoms with E-state index in [-0.39, 0.29) is 18.1 Å². The molecule has 2 unspecified atom stereocenters. The van der Waals surface area contributed by atoms with Gasteiger partial charge in [-0.3, -0.25) is 4.79 Å². The summed E-state index contributed by atoms with van der Waals surface area (Å²) in [6.07, 6.45) is 6.42. The zero-order chi connectivity index (χ0) is 20.4. The summed E-state index contributed by atoms with van der Waals surface area (Å²) in [5.41, 5.74) is 1.27. The van der Waals surface area contributed by atoms with Crippen molar-refractivity contribution in [2.45, 2.75) is 38.8 Å². The molecule has 1 amide bonds. The highest BCUT2D eigenvalue weighted by Gasteiger charge is 2.34. The molecule has 2 atom stereocenters. The van der Waals surface area contributed by atoms with Gasteiger partial charge in [0.15, 0.2) is 5.82 Å². The lowest BCUT2D eigenvalue weighted by Crippen LogP contribution is -2.51. The van der Waals surface area contributed by atoms with Crippen molar-refractivity contribution in [1.82, 2.24) is 29.9 Å². The van der Waals surface area contributed by atoms with Crippen LogP contribution in [0.2, 0.25) is 0 Å². The maximum Gasteiger partial charge on any atom is 0.258 e. The molecule has 0 aliphatic carbocycles. The SMILES string of the molecule is Cc1ccc(C(=O)N2CCCC(Oc3ccc(Br)cn3)C2C)c(-n2nccn2)n1. The van der Waals surface area contributed by atoms with Crippen LogP contribution in [0.5, 0.6) is 5.88 Å². The first-order valence-electron chi connectivity index (χ1n) is 9.46. The minimum atomic E-state index is -0.133. The van der Waals surface area contributed by atoms with E-state index in [4.69, 9.17) is 4.74 Å². The molecule has 0 spiro atoms. The Labute approximate surface area is 177 Å². The minimum absolute atomic E-state index is 0.102. The largest absolute Gasteiger partial charge is 0.472 e. The van der Waals surface area contributed by atoms with Crippen LogP contribution in [0.3, 0.4) is 0 Å². The van der Waals surface area contributed by atoms with E-state index in [2.05, 4.69) is 36.1 Å². The summed E-state index contributed by atoms with van der Waals surface area (Å²) in [5, 5.41) is 8.30. The summed E-state index contributed by atoms with van der Waals surface area (Å²) < 4.78 is 6.98. The first-order valence-corrected chi connectivity index (χ1v) is 10.3. The molecule has 4 rings (SSSR count). The van der Waals surface area contributed by atoms with Crippen LogP contribution in [0.4, 0.5) is 0 Å². The first kappa shape index (κ1) is 19.5. The second kappa shape index (κ2) is 8.28. The second-order valence-corrected chi connectivity index (χ2v) is 7.91. The van der Waals surface area contributed by atoms with Gasteiger partial charge < -0.3 is 9.64 Å². The zero-order valence-corrected chi connectivity index (χ0v) is 17.8. The maximum atomic E-state index is 13.4.